The second-order valence-corrected chi connectivity index (χ2v) is 2.87. The van der Waals surface area contributed by atoms with E-state index < -0.39 is 12.3 Å². The molecule has 8 nitrogen and oxygen atoms in total. The largest absolute Gasteiger partial charge is 0.652 e. The van der Waals surface area contributed by atoms with E-state index >= 15 is 0 Å². The maximum absolute atomic E-state index is 8.33. The Hall–Kier alpha value is -1.54. The molecule has 1 rings (SSSR count). The summed E-state index contributed by atoms with van der Waals surface area (Å²) in [6, 6.07) is 0. The number of hydrogen-bond donors (Lipinski definition) is 1. The Bertz CT molecular complexity index is 166. The van der Waals surface area contributed by atoms with Crippen molar-refractivity contribution in [2.75, 3.05) is 0 Å². The van der Waals surface area contributed by atoms with Gasteiger partial charge in [0.05, 0.1) is 6.10 Å². The molecule has 0 amide bonds. The van der Waals surface area contributed by atoms with Gasteiger partial charge in [-0.2, -0.15) is 0 Å². The fraction of sp³-hybridized carbons (Fsp3) is 0.750. The second-order valence-electron chi connectivity index (χ2n) is 2.87. The molecule has 0 heterocycles. The van der Waals surface area contributed by atoms with Crippen molar-refractivity contribution in [2.45, 2.75) is 38.2 Å². The lowest BCUT2D eigenvalue weighted by Crippen LogP contribution is -2.37. The molecule has 0 atom stereocenters. The van der Waals surface area contributed by atoms with Gasteiger partial charge in [0.1, 0.15) is 0 Å². The van der Waals surface area contributed by atoms with Gasteiger partial charge >= 0.3 is 0 Å². The van der Waals surface area contributed by atoms with E-state index in [9.17, 15) is 0 Å². The third-order valence-corrected chi connectivity index (χ3v) is 1.70. The number of hydrogen-bond acceptors (Lipinski definition) is 8. The number of carbonyl (C=O) groups is 2. The average molecular weight is 236 g/mol. The van der Waals surface area contributed by atoms with E-state index in [1.807, 2.05) is 0 Å². The normalized spacial score (nSPS) is 14.8. The Labute approximate surface area is 91.6 Å². The molecule has 1 N–H and O–H groups in total. The van der Waals surface area contributed by atoms with Crippen molar-refractivity contribution in [3.05, 3.63) is 0 Å². The highest BCUT2D eigenvalue weighted by molar-refractivity contribution is 5.47. The molecule has 0 saturated heterocycles. The second kappa shape index (κ2) is 11.5. The summed E-state index contributed by atoms with van der Waals surface area (Å²) in [5.41, 5.74) is 0. The van der Waals surface area contributed by atoms with Gasteiger partial charge in [-0.15, -0.1) is 0 Å². The Morgan fingerprint density at radius 1 is 0.938 bits per heavy atom. The van der Waals surface area contributed by atoms with Gasteiger partial charge in [-0.3, -0.25) is 5.26 Å². The minimum atomic E-state index is -2.33. The topological polar surface area (TPSA) is 156 Å². The molecule has 0 aromatic heterocycles. The van der Waals surface area contributed by atoms with Gasteiger partial charge in [0, 0.05) is 0 Å². The molecule has 1 aliphatic rings. The molecule has 1 fully saturated rings. The van der Waals surface area contributed by atoms with E-state index in [1.54, 1.807) is 0 Å². The van der Waals surface area contributed by atoms with Crippen LogP contribution in [0.5, 0.6) is 0 Å². The quantitative estimate of drug-likeness (QED) is 0.371. The van der Waals surface area contributed by atoms with Crippen molar-refractivity contribution >= 4 is 12.3 Å². The van der Waals surface area contributed by atoms with E-state index in [1.165, 1.54) is 19.3 Å². The minimum absolute atomic E-state index is 0.142. The Morgan fingerprint density at radius 2 is 1.25 bits per heavy atom. The zero-order valence-corrected chi connectivity index (χ0v) is 8.42. The molecule has 8 heteroatoms. The molecule has 96 valence electrons. The highest BCUT2D eigenvalue weighted by Gasteiger charge is 2.12. The van der Waals surface area contributed by atoms with Crippen LogP contribution in [0.2, 0.25) is 0 Å². The third kappa shape index (κ3) is 22.9. The van der Waals surface area contributed by atoms with E-state index in [0.717, 1.165) is 12.8 Å². The summed E-state index contributed by atoms with van der Waals surface area (Å²) < 4.78 is 0. The van der Waals surface area contributed by atoms with Crippen molar-refractivity contribution in [1.82, 2.24) is 0 Å². The summed E-state index contributed by atoms with van der Waals surface area (Å²) in [5, 5.41) is 41.5. The lowest BCUT2D eigenvalue weighted by Gasteiger charge is -2.17. The monoisotopic (exact) mass is 236 g/mol. The molecular weight excluding hydrogens is 224 g/mol. The predicted octanol–water partition coefficient (Wildman–Crippen LogP) is -3.09. The van der Waals surface area contributed by atoms with E-state index in [2.05, 4.69) is 4.89 Å². The van der Waals surface area contributed by atoms with Crippen LogP contribution in [-0.4, -0.2) is 23.7 Å². The molecule has 0 aromatic rings. The number of rotatable bonds is 1. The summed E-state index contributed by atoms with van der Waals surface area (Å²) in [6.45, 7) is 0. The third-order valence-electron chi connectivity index (χ3n) is 1.70. The fourth-order valence-corrected chi connectivity index (χ4v) is 1.17. The summed E-state index contributed by atoms with van der Waals surface area (Å²) in [5.74, 6) is 0. The first kappa shape index (κ1) is 16.9. The van der Waals surface area contributed by atoms with Crippen LogP contribution in [0.25, 0.3) is 0 Å². The molecule has 1 saturated carbocycles. The van der Waals surface area contributed by atoms with Gasteiger partial charge in [-0.25, -0.2) is 4.89 Å². The Balaban J connectivity index is 0. The van der Waals surface area contributed by atoms with Crippen LogP contribution in [0.1, 0.15) is 32.1 Å². The van der Waals surface area contributed by atoms with Crippen LogP contribution in [0.3, 0.4) is 0 Å². The summed E-state index contributed by atoms with van der Waals surface area (Å²) in [4.78, 5) is 20.9. The lowest BCUT2D eigenvalue weighted by atomic mass is 9.98. The fourth-order valence-electron chi connectivity index (χ4n) is 1.17. The smallest absolute Gasteiger partial charge is 0.0927 e. The van der Waals surface area contributed by atoms with Crippen LogP contribution in [0.15, 0.2) is 0 Å². The van der Waals surface area contributed by atoms with Crippen LogP contribution in [-0.2, 0) is 4.89 Å². The Kier molecular flexibility index (Phi) is 12.2. The maximum Gasteiger partial charge on any atom is 0.0927 e. The number of carboxylic acid groups (broad SMARTS) is 4. The maximum atomic E-state index is 8.33. The van der Waals surface area contributed by atoms with Crippen molar-refractivity contribution in [3.8, 4) is 0 Å². The molecule has 0 spiro atoms. The van der Waals surface area contributed by atoms with Crippen molar-refractivity contribution < 1.29 is 40.2 Å². The van der Waals surface area contributed by atoms with E-state index in [0.29, 0.717) is 0 Å². The summed E-state index contributed by atoms with van der Waals surface area (Å²) in [6.07, 6.45) is 1.28. The van der Waals surface area contributed by atoms with Gasteiger partial charge in [-0.1, -0.05) is 19.3 Å². The molecule has 0 aromatic carbocycles. The van der Waals surface area contributed by atoms with Crippen molar-refractivity contribution in [3.63, 3.8) is 0 Å². The van der Waals surface area contributed by atoms with Gasteiger partial charge in [0.15, 0.2) is 0 Å². The summed E-state index contributed by atoms with van der Waals surface area (Å²) >= 11 is 0. The molecule has 16 heavy (non-hydrogen) atoms. The first-order valence-corrected chi connectivity index (χ1v) is 4.46. The predicted molar refractivity (Wildman–Crippen MR) is 41.4 cm³/mol. The number of carbonyl (C=O) groups excluding carboxylic acids is 2. The zero-order chi connectivity index (χ0) is 13.0. The van der Waals surface area contributed by atoms with Gasteiger partial charge in [0.2, 0.25) is 0 Å². The highest BCUT2D eigenvalue weighted by atomic mass is 17.1. The lowest BCUT2D eigenvalue weighted by molar-refractivity contribution is -0.417. The molecule has 0 aliphatic heterocycles. The van der Waals surface area contributed by atoms with Crippen molar-refractivity contribution in [1.29, 1.82) is 0 Å². The molecule has 0 radical (unpaired) electrons. The summed E-state index contributed by atoms with van der Waals surface area (Å²) in [7, 11) is 0. The first-order chi connectivity index (χ1) is 7.40. The van der Waals surface area contributed by atoms with Crippen LogP contribution >= 0.6 is 0 Å². The van der Waals surface area contributed by atoms with Crippen LogP contribution in [0.4, 0.5) is 9.59 Å². The van der Waals surface area contributed by atoms with Gasteiger partial charge in [0.25, 0.3) is 0 Å². The molecule has 1 aliphatic carbocycles. The minimum Gasteiger partial charge on any atom is -0.652 e. The molecule has 0 unspecified atom stereocenters. The first-order valence-electron chi connectivity index (χ1n) is 4.46. The Morgan fingerprint density at radius 3 is 1.44 bits per heavy atom. The van der Waals surface area contributed by atoms with E-state index in [-0.39, 0.29) is 6.10 Å². The van der Waals surface area contributed by atoms with Crippen LogP contribution < -0.4 is 20.4 Å². The van der Waals surface area contributed by atoms with Gasteiger partial charge in [-0.05, 0) is 25.2 Å². The molecule has 0 bridgehead atoms. The zero-order valence-electron chi connectivity index (χ0n) is 8.42. The SMILES string of the molecule is O=C([O-])[O-].O=C([O-])[O-].OOC1CCCCC1. The van der Waals surface area contributed by atoms with E-state index in [4.69, 9.17) is 35.3 Å². The standard InChI is InChI=1S/C6H12O2.2CH2O3/c7-8-6-4-2-1-3-5-6;2*2-1(3)4/h6-7H,1-5H2;2*(H2,2,3,4)/p-4. The van der Waals surface area contributed by atoms with Gasteiger partial charge < -0.3 is 30.0 Å². The van der Waals surface area contributed by atoms with Crippen LogP contribution in [0, 0.1) is 0 Å². The molecular formula is C8H12O8-4. The van der Waals surface area contributed by atoms with Crippen molar-refractivity contribution in [2.24, 2.45) is 0 Å². The highest BCUT2D eigenvalue weighted by Crippen LogP contribution is 2.18. The average Bonchev–Trinajstić information content (AvgIpc) is 2.17.